The molecule has 0 aliphatic carbocycles. The van der Waals surface area contributed by atoms with Crippen LogP contribution in [-0.4, -0.2) is 31.9 Å². The van der Waals surface area contributed by atoms with E-state index >= 15 is 0 Å². The third kappa shape index (κ3) is 3.15. The van der Waals surface area contributed by atoms with Gasteiger partial charge in [0.05, 0.1) is 32.9 Å². The highest BCUT2D eigenvalue weighted by Gasteiger charge is 2.46. The maximum absolute atomic E-state index is 13.4. The molecule has 1 aliphatic heterocycles. The molecule has 0 spiro atoms. The van der Waals surface area contributed by atoms with E-state index in [9.17, 15) is 19.8 Å². The molecule has 0 fully saturated rings. The van der Waals surface area contributed by atoms with Crippen molar-refractivity contribution < 1.29 is 19.8 Å². The summed E-state index contributed by atoms with van der Waals surface area (Å²) in [6.45, 7) is 5.34. The molecule has 1 unspecified atom stereocenters. The smallest absolute Gasteiger partial charge is 0.294 e. The molecule has 152 valence electrons. The molecular formula is C22H19N3O4S. The van der Waals surface area contributed by atoms with E-state index in [0.29, 0.717) is 21.1 Å². The second kappa shape index (κ2) is 7.38. The average molecular weight is 421 g/mol. The summed E-state index contributed by atoms with van der Waals surface area (Å²) in [6, 6.07) is 7.27. The summed E-state index contributed by atoms with van der Waals surface area (Å²) >= 11 is 1.21. The van der Waals surface area contributed by atoms with Gasteiger partial charge < -0.3 is 10.2 Å². The number of thiazole rings is 1. The minimum Gasteiger partial charge on any atom is -0.506 e. The van der Waals surface area contributed by atoms with E-state index in [1.807, 2.05) is 6.92 Å². The molecule has 3 aromatic rings. The molecule has 1 aromatic carbocycles. The SMILES string of the molecule is Cc1ccc(O)c(N2C(=O)C(O)=C(C(=O)c3sc(C)nc3C)C2c2ccncc2)c1. The van der Waals surface area contributed by atoms with Gasteiger partial charge in [0.2, 0.25) is 5.78 Å². The Balaban J connectivity index is 1.92. The van der Waals surface area contributed by atoms with Gasteiger partial charge in [-0.15, -0.1) is 11.3 Å². The van der Waals surface area contributed by atoms with Gasteiger partial charge in [-0.1, -0.05) is 6.07 Å². The third-order valence-electron chi connectivity index (χ3n) is 4.97. The Labute approximate surface area is 177 Å². The maximum atomic E-state index is 13.4. The fourth-order valence-electron chi connectivity index (χ4n) is 3.64. The van der Waals surface area contributed by atoms with E-state index in [1.54, 1.807) is 50.5 Å². The molecule has 3 heterocycles. The van der Waals surface area contributed by atoms with E-state index in [0.717, 1.165) is 5.56 Å². The topological polar surface area (TPSA) is 104 Å². The number of aromatic hydroxyl groups is 1. The molecule has 0 bridgehead atoms. The number of aryl methyl sites for hydroxylation is 3. The lowest BCUT2D eigenvalue weighted by Crippen LogP contribution is -2.31. The molecule has 4 rings (SSSR count). The number of anilines is 1. The Morgan fingerprint density at radius 3 is 2.43 bits per heavy atom. The van der Waals surface area contributed by atoms with Gasteiger partial charge in [0.1, 0.15) is 5.75 Å². The number of benzene rings is 1. The predicted molar refractivity (Wildman–Crippen MR) is 113 cm³/mol. The summed E-state index contributed by atoms with van der Waals surface area (Å²) in [6.07, 6.45) is 3.10. The Bertz CT molecular complexity index is 1200. The number of carbonyl (C=O) groups excluding carboxylic acids is 2. The molecule has 8 heteroatoms. The van der Waals surface area contributed by atoms with Crippen molar-refractivity contribution in [3.05, 3.63) is 80.8 Å². The molecule has 30 heavy (non-hydrogen) atoms. The number of phenolic OH excluding ortho intramolecular Hbond substituents is 1. The Morgan fingerprint density at radius 2 is 1.80 bits per heavy atom. The van der Waals surface area contributed by atoms with Crippen LogP contribution in [-0.2, 0) is 4.79 Å². The van der Waals surface area contributed by atoms with Gasteiger partial charge in [-0.05, 0) is 56.2 Å². The summed E-state index contributed by atoms with van der Waals surface area (Å²) < 4.78 is 0. The van der Waals surface area contributed by atoms with E-state index in [1.165, 1.54) is 22.3 Å². The second-order valence-electron chi connectivity index (χ2n) is 7.09. The van der Waals surface area contributed by atoms with Gasteiger partial charge in [-0.2, -0.15) is 0 Å². The van der Waals surface area contributed by atoms with E-state index in [4.69, 9.17) is 0 Å². The number of pyridine rings is 1. The van der Waals surface area contributed by atoms with Gasteiger partial charge in [-0.3, -0.25) is 19.5 Å². The summed E-state index contributed by atoms with van der Waals surface area (Å²) in [4.78, 5) is 36.5. The molecule has 2 N–H and O–H groups in total. The lowest BCUT2D eigenvalue weighted by molar-refractivity contribution is -0.117. The molecule has 0 saturated carbocycles. The standard InChI is InChI=1S/C22H19N3O4S/c1-11-4-5-16(26)15(10-11)25-18(14-6-8-23-9-7-14)17(20(28)22(25)29)19(27)21-12(2)24-13(3)30-21/h4-10,18,26,28H,1-3H3. The number of ketones is 1. The van der Waals surface area contributed by atoms with Gasteiger partial charge in [-0.25, -0.2) is 4.98 Å². The zero-order valence-electron chi connectivity index (χ0n) is 16.6. The van der Waals surface area contributed by atoms with Crippen molar-refractivity contribution in [2.75, 3.05) is 4.90 Å². The number of hydrogen-bond donors (Lipinski definition) is 2. The predicted octanol–water partition coefficient (Wildman–Crippen LogP) is 3.95. The number of carbonyl (C=O) groups is 2. The first-order chi connectivity index (χ1) is 14.3. The van der Waals surface area contributed by atoms with E-state index < -0.39 is 23.5 Å². The van der Waals surface area contributed by atoms with E-state index in [-0.39, 0.29) is 17.0 Å². The van der Waals surface area contributed by atoms with Crippen LogP contribution in [0.5, 0.6) is 5.75 Å². The monoisotopic (exact) mass is 421 g/mol. The number of phenols is 1. The number of Topliss-reactive ketones (excluding diaryl/α,β-unsaturated/α-hetero) is 1. The largest absolute Gasteiger partial charge is 0.506 e. The maximum Gasteiger partial charge on any atom is 0.294 e. The quantitative estimate of drug-likeness (QED) is 0.618. The fraction of sp³-hybridized carbons (Fsp3) is 0.182. The van der Waals surface area contributed by atoms with Crippen molar-refractivity contribution in [1.29, 1.82) is 0 Å². The molecule has 7 nitrogen and oxygen atoms in total. The minimum absolute atomic E-state index is 0.0427. The highest BCUT2D eigenvalue weighted by molar-refractivity contribution is 7.14. The fourth-order valence-corrected chi connectivity index (χ4v) is 4.51. The Kier molecular flexibility index (Phi) is 4.87. The summed E-state index contributed by atoms with van der Waals surface area (Å²) in [5.41, 5.74) is 2.12. The first-order valence-electron chi connectivity index (χ1n) is 9.24. The van der Waals surface area contributed by atoms with Crippen molar-refractivity contribution in [3.63, 3.8) is 0 Å². The summed E-state index contributed by atoms with van der Waals surface area (Å²) in [5, 5.41) is 21.9. The molecule has 0 radical (unpaired) electrons. The van der Waals surface area contributed by atoms with Crippen LogP contribution in [0.4, 0.5) is 5.69 Å². The van der Waals surface area contributed by atoms with Crippen molar-refractivity contribution in [2.24, 2.45) is 0 Å². The third-order valence-corrected chi connectivity index (χ3v) is 6.05. The van der Waals surface area contributed by atoms with Crippen LogP contribution in [0.3, 0.4) is 0 Å². The first kappa shape index (κ1) is 19.8. The number of amides is 1. The van der Waals surface area contributed by atoms with Crippen molar-refractivity contribution in [3.8, 4) is 5.75 Å². The van der Waals surface area contributed by atoms with Crippen LogP contribution >= 0.6 is 11.3 Å². The van der Waals surface area contributed by atoms with Crippen LogP contribution in [0, 0.1) is 20.8 Å². The van der Waals surface area contributed by atoms with Crippen LogP contribution in [0.1, 0.15) is 37.5 Å². The minimum atomic E-state index is -0.914. The van der Waals surface area contributed by atoms with Gasteiger partial charge in [0.25, 0.3) is 5.91 Å². The molecule has 2 aromatic heterocycles. The number of rotatable bonds is 4. The van der Waals surface area contributed by atoms with Gasteiger partial charge in [0.15, 0.2) is 5.76 Å². The van der Waals surface area contributed by atoms with Crippen molar-refractivity contribution in [1.82, 2.24) is 9.97 Å². The van der Waals surface area contributed by atoms with Gasteiger partial charge in [0, 0.05) is 12.4 Å². The zero-order valence-corrected chi connectivity index (χ0v) is 17.4. The lowest BCUT2D eigenvalue weighted by atomic mass is 9.95. The molecule has 0 saturated heterocycles. The number of aliphatic hydroxyl groups excluding tert-OH is 1. The Hall–Kier alpha value is -3.52. The highest BCUT2D eigenvalue weighted by atomic mass is 32.1. The summed E-state index contributed by atoms with van der Waals surface area (Å²) in [5.74, 6) is -1.96. The normalized spacial score (nSPS) is 16.4. The van der Waals surface area contributed by atoms with Gasteiger partial charge >= 0.3 is 0 Å². The molecule has 1 atom stereocenters. The van der Waals surface area contributed by atoms with Crippen molar-refractivity contribution >= 4 is 28.7 Å². The molecular weight excluding hydrogens is 402 g/mol. The average Bonchev–Trinajstić information content (AvgIpc) is 3.20. The van der Waals surface area contributed by atoms with Crippen LogP contribution < -0.4 is 4.90 Å². The lowest BCUT2D eigenvalue weighted by Gasteiger charge is -2.27. The number of aliphatic hydroxyl groups is 1. The summed E-state index contributed by atoms with van der Waals surface area (Å²) in [7, 11) is 0. The van der Waals surface area contributed by atoms with Crippen LogP contribution in [0.25, 0.3) is 0 Å². The van der Waals surface area contributed by atoms with Crippen LogP contribution in [0.15, 0.2) is 54.1 Å². The number of nitrogens with zero attached hydrogens (tertiary/aromatic N) is 3. The van der Waals surface area contributed by atoms with Crippen LogP contribution in [0.2, 0.25) is 0 Å². The molecule has 1 amide bonds. The van der Waals surface area contributed by atoms with Crippen molar-refractivity contribution in [2.45, 2.75) is 26.8 Å². The number of aromatic nitrogens is 2. The molecule has 1 aliphatic rings. The van der Waals surface area contributed by atoms with E-state index in [2.05, 4.69) is 9.97 Å². The number of hydrogen-bond acceptors (Lipinski definition) is 7. The Morgan fingerprint density at radius 1 is 1.10 bits per heavy atom. The second-order valence-corrected chi connectivity index (χ2v) is 8.29. The highest BCUT2D eigenvalue weighted by Crippen LogP contribution is 2.45. The zero-order chi connectivity index (χ0) is 21.6. The first-order valence-corrected chi connectivity index (χ1v) is 10.1.